The van der Waals surface area contributed by atoms with Crippen LogP contribution in [0.3, 0.4) is 0 Å². The van der Waals surface area contributed by atoms with Crippen molar-refractivity contribution in [3.05, 3.63) is 57.8 Å². The van der Waals surface area contributed by atoms with Crippen LogP contribution in [0, 0.1) is 0 Å². The number of ether oxygens (including phenoxy) is 1. The van der Waals surface area contributed by atoms with Gasteiger partial charge in [0.05, 0.1) is 11.6 Å². The summed E-state index contributed by atoms with van der Waals surface area (Å²) in [5.41, 5.74) is 2.23. The molecule has 3 nitrogen and oxygen atoms in total. The Labute approximate surface area is 127 Å². The van der Waals surface area contributed by atoms with E-state index in [-0.39, 0.29) is 6.04 Å². The summed E-state index contributed by atoms with van der Waals surface area (Å²) >= 11 is 12.3. The van der Waals surface area contributed by atoms with E-state index in [9.17, 15) is 0 Å². The second-order valence-electron chi connectivity index (χ2n) is 4.73. The lowest BCUT2D eigenvalue weighted by Gasteiger charge is -2.27. The first kappa shape index (κ1) is 13.7. The molecule has 104 valence electrons. The molecule has 0 spiro atoms. The Hall–Kier alpha value is -1.29. The topological polar surface area (TPSA) is 34.2 Å². The zero-order chi connectivity index (χ0) is 13.9. The predicted molar refractivity (Wildman–Crippen MR) is 80.4 cm³/mol. The minimum Gasteiger partial charge on any atom is -0.492 e. The van der Waals surface area contributed by atoms with Gasteiger partial charge in [0.25, 0.3) is 0 Å². The smallest absolute Gasteiger partial charge is 0.142 e. The van der Waals surface area contributed by atoms with Crippen LogP contribution in [-0.4, -0.2) is 11.6 Å². The van der Waals surface area contributed by atoms with Crippen LogP contribution in [0.2, 0.25) is 10.0 Å². The number of nitrogens with zero attached hydrogens (tertiary/aromatic N) is 1. The average molecular weight is 309 g/mol. The molecule has 0 amide bonds. The third kappa shape index (κ3) is 2.90. The molecule has 2 aromatic rings. The van der Waals surface area contributed by atoms with Gasteiger partial charge in [-0.2, -0.15) is 0 Å². The molecule has 1 aromatic heterocycles. The van der Waals surface area contributed by atoms with Gasteiger partial charge in [-0.1, -0.05) is 23.2 Å². The van der Waals surface area contributed by atoms with Crippen molar-refractivity contribution in [2.75, 3.05) is 6.61 Å². The number of hydrogen-bond donors (Lipinski definition) is 1. The van der Waals surface area contributed by atoms with Crippen molar-refractivity contribution < 1.29 is 4.74 Å². The van der Waals surface area contributed by atoms with Gasteiger partial charge in [0.2, 0.25) is 0 Å². The van der Waals surface area contributed by atoms with E-state index in [1.807, 2.05) is 18.2 Å². The maximum Gasteiger partial charge on any atom is 0.142 e. The fourth-order valence-electron chi connectivity index (χ4n) is 2.38. The number of pyridine rings is 1. The van der Waals surface area contributed by atoms with Crippen LogP contribution in [0.25, 0.3) is 0 Å². The number of hydrogen-bond acceptors (Lipinski definition) is 3. The molecule has 0 saturated heterocycles. The van der Waals surface area contributed by atoms with Crippen LogP contribution in [0.5, 0.6) is 5.75 Å². The molecule has 1 atom stereocenters. The summed E-state index contributed by atoms with van der Waals surface area (Å²) < 4.78 is 5.65. The maximum atomic E-state index is 6.18. The molecule has 0 fully saturated rings. The van der Waals surface area contributed by atoms with Crippen molar-refractivity contribution >= 4 is 23.2 Å². The summed E-state index contributed by atoms with van der Waals surface area (Å²) in [7, 11) is 0. The minimum absolute atomic E-state index is 0.197. The highest BCUT2D eigenvalue weighted by Gasteiger charge is 2.23. The fourth-order valence-corrected chi connectivity index (χ4v) is 2.94. The lowest BCUT2D eigenvalue weighted by Crippen LogP contribution is -2.27. The summed E-state index contributed by atoms with van der Waals surface area (Å²) in [5, 5.41) is 4.73. The summed E-state index contributed by atoms with van der Waals surface area (Å²) in [5.74, 6) is 0.745. The average Bonchev–Trinajstić information content (AvgIpc) is 2.46. The number of halogens is 2. The van der Waals surface area contributed by atoms with Crippen LogP contribution < -0.4 is 10.1 Å². The molecular formula is C15H14Cl2N2O. The number of benzene rings is 1. The molecule has 2 heterocycles. The van der Waals surface area contributed by atoms with Crippen LogP contribution >= 0.6 is 23.2 Å². The highest BCUT2D eigenvalue weighted by molar-refractivity contribution is 6.35. The van der Waals surface area contributed by atoms with E-state index in [4.69, 9.17) is 27.9 Å². The Morgan fingerprint density at radius 2 is 2.05 bits per heavy atom. The van der Waals surface area contributed by atoms with Crippen molar-refractivity contribution in [2.45, 2.75) is 19.0 Å². The predicted octanol–water partition coefficient (Wildman–Crippen LogP) is 4.00. The second-order valence-corrected chi connectivity index (χ2v) is 5.58. The third-order valence-corrected chi connectivity index (χ3v) is 3.87. The normalized spacial score (nSPS) is 17.4. The number of rotatable bonds is 3. The van der Waals surface area contributed by atoms with Gasteiger partial charge < -0.3 is 10.1 Å². The van der Waals surface area contributed by atoms with Gasteiger partial charge in [0.1, 0.15) is 5.75 Å². The van der Waals surface area contributed by atoms with Crippen molar-refractivity contribution in [3.8, 4) is 5.75 Å². The molecular weight excluding hydrogens is 295 g/mol. The van der Waals surface area contributed by atoms with Crippen LogP contribution in [-0.2, 0) is 6.54 Å². The van der Waals surface area contributed by atoms with E-state index in [0.717, 1.165) is 24.3 Å². The molecule has 20 heavy (non-hydrogen) atoms. The number of fused-ring (bicyclic) bond motifs is 1. The zero-order valence-corrected chi connectivity index (χ0v) is 12.3. The van der Waals surface area contributed by atoms with Gasteiger partial charge in [0, 0.05) is 42.0 Å². The van der Waals surface area contributed by atoms with Crippen LogP contribution in [0.15, 0.2) is 36.7 Å². The van der Waals surface area contributed by atoms with Gasteiger partial charge in [-0.25, -0.2) is 0 Å². The summed E-state index contributed by atoms with van der Waals surface area (Å²) in [6.07, 6.45) is 4.49. The molecule has 0 aliphatic carbocycles. The van der Waals surface area contributed by atoms with Crippen molar-refractivity contribution in [1.29, 1.82) is 0 Å². The standard InChI is InChI=1S/C15H14Cl2N2O/c16-11-7-12-14(3-6-20-15(12)13(17)8-11)19-9-10-1-4-18-5-2-10/h1-2,4-5,7-8,14,19H,3,6,9H2. The van der Waals surface area contributed by atoms with Gasteiger partial charge >= 0.3 is 0 Å². The number of aromatic nitrogens is 1. The van der Waals surface area contributed by atoms with Gasteiger partial charge in [-0.3, -0.25) is 4.98 Å². The number of nitrogens with one attached hydrogen (secondary N) is 1. The molecule has 5 heteroatoms. The Morgan fingerprint density at radius 1 is 1.25 bits per heavy atom. The maximum absolute atomic E-state index is 6.18. The highest BCUT2D eigenvalue weighted by atomic mass is 35.5. The van der Waals surface area contributed by atoms with Crippen LogP contribution in [0.4, 0.5) is 0 Å². The van der Waals surface area contributed by atoms with Gasteiger partial charge in [0.15, 0.2) is 0 Å². The minimum atomic E-state index is 0.197. The Morgan fingerprint density at radius 3 is 2.85 bits per heavy atom. The molecule has 0 saturated carbocycles. The Bertz CT molecular complexity index is 604. The van der Waals surface area contributed by atoms with E-state index >= 15 is 0 Å². The Kier molecular flexibility index (Phi) is 4.10. The first-order valence-corrected chi connectivity index (χ1v) is 7.23. The first-order valence-electron chi connectivity index (χ1n) is 6.48. The molecule has 1 aromatic carbocycles. The largest absolute Gasteiger partial charge is 0.492 e. The molecule has 0 radical (unpaired) electrons. The van der Waals surface area contributed by atoms with Gasteiger partial charge in [-0.15, -0.1) is 0 Å². The van der Waals surface area contributed by atoms with Crippen molar-refractivity contribution in [1.82, 2.24) is 10.3 Å². The SMILES string of the molecule is Clc1cc(Cl)c2c(c1)C(NCc1ccncc1)CCO2. The highest BCUT2D eigenvalue weighted by Crippen LogP contribution is 2.39. The van der Waals surface area contributed by atoms with Crippen molar-refractivity contribution in [3.63, 3.8) is 0 Å². The van der Waals surface area contributed by atoms with E-state index < -0.39 is 0 Å². The molecule has 1 N–H and O–H groups in total. The Balaban J connectivity index is 1.80. The zero-order valence-electron chi connectivity index (χ0n) is 10.8. The van der Waals surface area contributed by atoms with Crippen LogP contribution in [0.1, 0.15) is 23.6 Å². The van der Waals surface area contributed by atoms with E-state index in [2.05, 4.69) is 10.3 Å². The second kappa shape index (κ2) is 6.00. The molecule has 3 rings (SSSR count). The lowest BCUT2D eigenvalue weighted by molar-refractivity contribution is 0.252. The summed E-state index contributed by atoms with van der Waals surface area (Å²) in [6.45, 7) is 1.43. The van der Waals surface area contributed by atoms with E-state index in [0.29, 0.717) is 16.7 Å². The molecule has 1 aliphatic heterocycles. The quantitative estimate of drug-likeness (QED) is 0.930. The first-order chi connectivity index (χ1) is 9.74. The van der Waals surface area contributed by atoms with E-state index in [1.165, 1.54) is 5.56 Å². The third-order valence-electron chi connectivity index (χ3n) is 3.37. The van der Waals surface area contributed by atoms with E-state index in [1.54, 1.807) is 18.5 Å². The summed E-state index contributed by atoms with van der Waals surface area (Å²) in [4.78, 5) is 4.02. The van der Waals surface area contributed by atoms with Crippen molar-refractivity contribution in [2.24, 2.45) is 0 Å². The monoisotopic (exact) mass is 308 g/mol. The molecule has 1 unspecified atom stereocenters. The molecule has 1 aliphatic rings. The summed E-state index contributed by atoms with van der Waals surface area (Å²) in [6, 6.07) is 7.83. The lowest BCUT2D eigenvalue weighted by atomic mass is 10.00. The fraction of sp³-hybridized carbons (Fsp3) is 0.267. The molecule has 0 bridgehead atoms. The van der Waals surface area contributed by atoms with Gasteiger partial charge in [-0.05, 0) is 29.8 Å².